The number of β-amino-alcohol motifs (C(OH)–C–C–N with tert-alkyl or cyclic N) is 1. The molecule has 0 spiro atoms. The Kier molecular flexibility index (Phi) is 4.29. The van der Waals surface area contributed by atoms with E-state index in [9.17, 15) is 22.7 Å². The monoisotopic (exact) mass is 330 g/mol. The summed E-state index contributed by atoms with van der Waals surface area (Å²) in [7, 11) is -2.00. The number of aliphatic hydroxyl groups is 1. The van der Waals surface area contributed by atoms with Crippen LogP contribution < -0.4 is 5.32 Å². The van der Waals surface area contributed by atoms with Crippen LogP contribution in [0.4, 0.5) is 10.1 Å². The molecule has 0 radical (unpaired) electrons. The maximum Gasteiger partial charge on any atom is 0.244 e. The number of benzene rings is 1. The van der Waals surface area contributed by atoms with Gasteiger partial charge in [-0.25, -0.2) is 12.8 Å². The first-order valence-corrected chi connectivity index (χ1v) is 8.63. The highest BCUT2D eigenvalue weighted by Gasteiger charge is 2.45. The quantitative estimate of drug-likeness (QED) is 0.848. The van der Waals surface area contributed by atoms with E-state index in [1.807, 2.05) is 0 Å². The van der Waals surface area contributed by atoms with Gasteiger partial charge >= 0.3 is 0 Å². The molecular formula is C14H19FN2O4S. The minimum atomic E-state index is -3.72. The SMILES string of the molecule is CN1CC(O)CC1(C)C(=O)Nc1ccc(F)c(S(C)(=O)=O)c1. The predicted octanol–water partition coefficient (Wildman–Crippen LogP) is 0.623. The van der Waals surface area contributed by atoms with E-state index in [0.717, 1.165) is 18.4 Å². The van der Waals surface area contributed by atoms with Gasteiger partial charge < -0.3 is 10.4 Å². The molecule has 2 atom stereocenters. The van der Waals surface area contributed by atoms with Crippen molar-refractivity contribution in [3.05, 3.63) is 24.0 Å². The molecule has 22 heavy (non-hydrogen) atoms. The van der Waals surface area contributed by atoms with Gasteiger partial charge in [-0.2, -0.15) is 0 Å². The van der Waals surface area contributed by atoms with Crippen LogP contribution in [0.2, 0.25) is 0 Å². The van der Waals surface area contributed by atoms with E-state index in [2.05, 4.69) is 5.32 Å². The van der Waals surface area contributed by atoms with Crippen LogP contribution in [-0.2, 0) is 14.6 Å². The molecule has 0 saturated carbocycles. The van der Waals surface area contributed by atoms with Crippen LogP contribution >= 0.6 is 0 Å². The highest BCUT2D eigenvalue weighted by Crippen LogP contribution is 2.29. The Morgan fingerprint density at radius 2 is 2.14 bits per heavy atom. The first-order chi connectivity index (χ1) is 10.0. The standard InChI is InChI=1S/C14H19FN2O4S/c1-14(7-10(18)8-17(14)2)13(19)16-9-4-5-11(15)12(6-9)22(3,20)21/h4-6,10,18H,7-8H2,1-3H3,(H,16,19). The Bertz CT molecular complexity index is 707. The van der Waals surface area contributed by atoms with E-state index in [1.54, 1.807) is 18.9 Å². The first kappa shape index (κ1) is 16.9. The molecule has 1 aromatic rings. The maximum atomic E-state index is 13.6. The molecule has 1 amide bonds. The van der Waals surface area contributed by atoms with Gasteiger partial charge in [-0.1, -0.05) is 0 Å². The Balaban J connectivity index is 2.27. The molecule has 2 rings (SSSR count). The number of carbonyl (C=O) groups excluding carboxylic acids is 1. The van der Waals surface area contributed by atoms with Gasteiger partial charge in [0.25, 0.3) is 0 Å². The Morgan fingerprint density at radius 1 is 1.50 bits per heavy atom. The summed E-state index contributed by atoms with van der Waals surface area (Å²) >= 11 is 0. The second kappa shape index (κ2) is 5.60. The van der Waals surface area contributed by atoms with Crippen molar-refractivity contribution in [2.24, 2.45) is 0 Å². The van der Waals surface area contributed by atoms with Crippen molar-refractivity contribution in [3.63, 3.8) is 0 Å². The Labute approximate surface area is 128 Å². The number of nitrogens with one attached hydrogen (secondary N) is 1. The molecule has 1 aliphatic rings. The number of hydrogen-bond donors (Lipinski definition) is 2. The number of carbonyl (C=O) groups is 1. The van der Waals surface area contributed by atoms with Crippen molar-refractivity contribution in [3.8, 4) is 0 Å². The number of sulfone groups is 1. The number of amides is 1. The van der Waals surface area contributed by atoms with E-state index < -0.39 is 32.2 Å². The normalized spacial score (nSPS) is 26.1. The van der Waals surface area contributed by atoms with Crippen LogP contribution in [-0.4, -0.2) is 55.8 Å². The number of halogens is 1. The second-order valence-electron chi connectivity index (χ2n) is 5.88. The average Bonchev–Trinajstić information content (AvgIpc) is 2.65. The molecule has 0 bridgehead atoms. The fourth-order valence-corrected chi connectivity index (χ4v) is 3.36. The van der Waals surface area contributed by atoms with Gasteiger partial charge in [0.1, 0.15) is 16.3 Å². The average molecular weight is 330 g/mol. The Morgan fingerprint density at radius 3 is 2.64 bits per heavy atom. The highest BCUT2D eigenvalue weighted by atomic mass is 32.2. The summed E-state index contributed by atoms with van der Waals surface area (Å²) in [5, 5.41) is 12.3. The van der Waals surface area contributed by atoms with Crippen LogP contribution in [0.25, 0.3) is 0 Å². The van der Waals surface area contributed by atoms with Gasteiger partial charge in [0.05, 0.1) is 6.10 Å². The summed E-state index contributed by atoms with van der Waals surface area (Å²) in [6.07, 6.45) is 0.579. The molecule has 122 valence electrons. The lowest BCUT2D eigenvalue weighted by atomic mass is 9.97. The minimum absolute atomic E-state index is 0.197. The fourth-order valence-electron chi connectivity index (χ4n) is 2.59. The van der Waals surface area contributed by atoms with Crippen LogP contribution in [0.3, 0.4) is 0 Å². The van der Waals surface area contributed by atoms with Crippen LogP contribution in [0.5, 0.6) is 0 Å². The summed E-state index contributed by atoms with van der Waals surface area (Å²) in [6.45, 7) is 2.07. The molecule has 8 heteroatoms. The fraction of sp³-hybridized carbons (Fsp3) is 0.500. The van der Waals surface area contributed by atoms with Crippen molar-refractivity contribution in [2.75, 3.05) is 25.2 Å². The minimum Gasteiger partial charge on any atom is -0.392 e. The lowest BCUT2D eigenvalue weighted by molar-refractivity contribution is -0.125. The van der Waals surface area contributed by atoms with Crippen molar-refractivity contribution in [2.45, 2.75) is 29.9 Å². The van der Waals surface area contributed by atoms with E-state index in [-0.39, 0.29) is 18.0 Å². The molecule has 0 aliphatic carbocycles. The van der Waals surface area contributed by atoms with Gasteiger partial charge in [0.2, 0.25) is 5.91 Å². The molecule has 0 aromatic heterocycles. The maximum absolute atomic E-state index is 13.6. The lowest BCUT2D eigenvalue weighted by Crippen LogP contribution is -2.48. The lowest BCUT2D eigenvalue weighted by Gasteiger charge is -2.30. The van der Waals surface area contributed by atoms with Crippen molar-refractivity contribution < 1.29 is 22.7 Å². The summed E-state index contributed by atoms with van der Waals surface area (Å²) < 4.78 is 36.6. The zero-order chi connectivity index (χ0) is 16.7. The summed E-state index contributed by atoms with van der Waals surface area (Å²) in [5.41, 5.74) is -0.707. The van der Waals surface area contributed by atoms with Crippen molar-refractivity contribution >= 4 is 21.4 Å². The number of aliphatic hydroxyl groups excluding tert-OH is 1. The molecule has 6 nitrogen and oxygen atoms in total. The first-order valence-electron chi connectivity index (χ1n) is 6.74. The van der Waals surface area contributed by atoms with E-state index in [4.69, 9.17) is 0 Å². The van der Waals surface area contributed by atoms with Gasteiger partial charge in [-0.15, -0.1) is 0 Å². The van der Waals surface area contributed by atoms with Gasteiger partial charge in [-0.05, 0) is 32.2 Å². The topological polar surface area (TPSA) is 86.7 Å². The summed E-state index contributed by atoms with van der Waals surface area (Å²) in [6, 6.07) is 3.40. The van der Waals surface area contributed by atoms with Crippen LogP contribution in [0, 0.1) is 5.82 Å². The number of hydrogen-bond acceptors (Lipinski definition) is 5. The smallest absolute Gasteiger partial charge is 0.244 e. The zero-order valence-electron chi connectivity index (χ0n) is 12.6. The largest absolute Gasteiger partial charge is 0.392 e. The third-order valence-corrected chi connectivity index (χ3v) is 5.15. The van der Waals surface area contributed by atoms with Gasteiger partial charge in [-0.3, -0.25) is 9.69 Å². The van der Waals surface area contributed by atoms with E-state index in [0.29, 0.717) is 6.54 Å². The molecular weight excluding hydrogens is 311 g/mol. The van der Waals surface area contributed by atoms with Gasteiger partial charge in [0, 0.05) is 24.9 Å². The number of anilines is 1. The van der Waals surface area contributed by atoms with Crippen molar-refractivity contribution in [1.82, 2.24) is 4.90 Å². The third-order valence-electron chi connectivity index (χ3n) is 4.04. The van der Waals surface area contributed by atoms with Gasteiger partial charge in [0.15, 0.2) is 9.84 Å². The summed E-state index contributed by atoms with van der Waals surface area (Å²) in [5.74, 6) is -1.24. The number of likely N-dealkylation sites (N-methyl/N-ethyl adjacent to an activating group) is 1. The Hall–Kier alpha value is -1.51. The van der Waals surface area contributed by atoms with Crippen molar-refractivity contribution in [1.29, 1.82) is 0 Å². The number of rotatable bonds is 3. The molecule has 1 saturated heterocycles. The molecule has 1 fully saturated rings. The number of nitrogens with zero attached hydrogens (tertiary/aromatic N) is 1. The zero-order valence-corrected chi connectivity index (χ0v) is 13.4. The molecule has 2 N–H and O–H groups in total. The molecule has 1 aromatic carbocycles. The third kappa shape index (κ3) is 3.13. The predicted molar refractivity (Wildman–Crippen MR) is 79.8 cm³/mol. The highest BCUT2D eigenvalue weighted by molar-refractivity contribution is 7.90. The summed E-state index contributed by atoms with van der Waals surface area (Å²) in [4.78, 5) is 13.7. The van der Waals surface area contributed by atoms with Crippen LogP contribution in [0.1, 0.15) is 13.3 Å². The molecule has 1 aliphatic heterocycles. The van der Waals surface area contributed by atoms with E-state index >= 15 is 0 Å². The van der Waals surface area contributed by atoms with Crippen LogP contribution in [0.15, 0.2) is 23.1 Å². The second-order valence-corrected chi connectivity index (χ2v) is 7.87. The van der Waals surface area contributed by atoms with E-state index in [1.165, 1.54) is 6.07 Å². The molecule has 2 unspecified atom stereocenters. The molecule has 1 heterocycles. The number of likely N-dealkylation sites (tertiary alicyclic amines) is 1.